The van der Waals surface area contributed by atoms with E-state index in [1.54, 1.807) is 0 Å². The van der Waals surface area contributed by atoms with Crippen molar-refractivity contribution in [2.24, 2.45) is 0 Å². The third-order valence-electron chi connectivity index (χ3n) is 1.01. The first-order valence-corrected chi connectivity index (χ1v) is 7.36. The van der Waals surface area contributed by atoms with Crippen molar-refractivity contribution in [3.8, 4) is 0 Å². The molecule has 0 unspecified atom stereocenters. The van der Waals surface area contributed by atoms with Gasteiger partial charge in [-0.2, -0.15) is 0 Å². The standard InChI is InChI=1S/C8H18O2Si/c1-8(2,3)10-7(9)11(4,5)6/h1-6H3. The molecule has 0 fully saturated rings. The van der Waals surface area contributed by atoms with Crippen LogP contribution < -0.4 is 0 Å². The fraction of sp³-hybridized carbons (Fsp3) is 0.875. The fourth-order valence-electron chi connectivity index (χ4n) is 0.431. The molecule has 0 rings (SSSR count). The monoisotopic (exact) mass is 174 g/mol. The highest BCUT2D eigenvalue weighted by Crippen LogP contribution is 2.13. The lowest BCUT2D eigenvalue weighted by atomic mass is 10.2. The molecule has 2 nitrogen and oxygen atoms in total. The highest BCUT2D eigenvalue weighted by molar-refractivity contribution is 7.02. The summed E-state index contributed by atoms with van der Waals surface area (Å²) >= 11 is 0. The molecule has 0 aromatic heterocycles. The third kappa shape index (κ3) is 5.01. The van der Waals surface area contributed by atoms with Gasteiger partial charge in [0.15, 0.2) is 8.07 Å². The van der Waals surface area contributed by atoms with E-state index in [9.17, 15) is 4.79 Å². The fourth-order valence-corrected chi connectivity index (χ4v) is 1.04. The lowest BCUT2D eigenvalue weighted by Crippen LogP contribution is -2.39. The number of carbonyl (C=O) groups is 1. The Morgan fingerprint density at radius 2 is 1.55 bits per heavy atom. The summed E-state index contributed by atoms with van der Waals surface area (Å²) in [6, 6.07) is 0. The first kappa shape index (κ1) is 10.7. The minimum absolute atomic E-state index is 0.00926. The zero-order valence-corrected chi connectivity index (χ0v) is 9.32. The molecule has 0 bridgehead atoms. The Labute approximate surface area is 69.9 Å². The summed E-state index contributed by atoms with van der Waals surface area (Å²) in [6.45, 7) is 11.6. The summed E-state index contributed by atoms with van der Waals surface area (Å²) < 4.78 is 5.22. The number of carbonyl (C=O) groups excluding carboxylic acids is 1. The van der Waals surface area contributed by atoms with Gasteiger partial charge in [-0.3, -0.25) is 4.79 Å². The van der Waals surface area contributed by atoms with Crippen molar-refractivity contribution in [2.75, 3.05) is 0 Å². The molecule has 0 aliphatic carbocycles. The maximum absolute atomic E-state index is 11.3. The van der Waals surface area contributed by atoms with E-state index in [1.165, 1.54) is 0 Å². The molecule has 0 aromatic carbocycles. The molecule has 11 heavy (non-hydrogen) atoms. The predicted molar refractivity (Wildman–Crippen MR) is 49.6 cm³/mol. The molecule has 0 heterocycles. The SMILES string of the molecule is CC(C)(C)OC(=O)[Si](C)(C)C. The number of rotatable bonds is 1. The zero-order valence-electron chi connectivity index (χ0n) is 8.32. The molecule has 0 aliphatic rings. The van der Waals surface area contributed by atoms with E-state index in [1.807, 2.05) is 40.4 Å². The average Bonchev–Trinajstić information content (AvgIpc) is 1.56. The van der Waals surface area contributed by atoms with Crippen LogP contribution >= 0.6 is 0 Å². The normalized spacial score (nSPS) is 12.9. The van der Waals surface area contributed by atoms with Gasteiger partial charge in [0.25, 0.3) is 5.59 Å². The molecular weight excluding hydrogens is 156 g/mol. The van der Waals surface area contributed by atoms with E-state index < -0.39 is 8.07 Å². The van der Waals surface area contributed by atoms with Gasteiger partial charge in [0, 0.05) is 0 Å². The molecule has 3 heteroatoms. The van der Waals surface area contributed by atoms with Gasteiger partial charge < -0.3 is 4.74 Å². The minimum Gasteiger partial charge on any atom is -0.464 e. The second-order valence-corrected chi connectivity index (χ2v) is 9.66. The molecule has 0 radical (unpaired) electrons. The van der Waals surface area contributed by atoms with Crippen molar-refractivity contribution in [1.29, 1.82) is 0 Å². The van der Waals surface area contributed by atoms with Gasteiger partial charge in [-0.1, -0.05) is 19.6 Å². The Hall–Kier alpha value is -0.313. The van der Waals surface area contributed by atoms with Gasteiger partial charge >= 0.3 is 0 Å². The Morgan fingerprint density at radius 1 is 1.18 bits per heavy atom. The second-order valence-electron chi connectivity index (χ2n) is 4.75. The molecule has 0 saturated heterocycles. The topological polar surface area (TPSA) is 26.3 Å². The summed E-state index contributed by atoms with van der Waals surface area (Å²) in [4.78, 5) is 11.3. The van der Waals surface area contributed by atoms with Gasteiger partial charge in [0.1, 0.15) is 5.60 Å². The highest BCUT2D eigenvalue weighted by Gasteiger charge is 2.29. The van der Waals surface area contributed by atoms with Crippen LogP contribution in [-0.4, -0.2) is 19.3 Å². The Bertz CT molecular complexity index is 150. The summed E-state index contributed by atoms with van der Waals surface area (Å²) in [6.07, 6.45) is 0. The maximum atomic E-state index is 11.3. The van der Waals surface area contributed by atoms with Crippen molar-refractivity contribution >= 4 is 13.7 Å². The van der Waals surface area contributed by atoms with Crippen molar-refractivity contribution in [3.05, 3.63) is 0 Å². The molecule has 0 saturated carbocycles. The van der Waals surface area contributed by atoms with Crippen LogP contribution in [0.3, 0.4) is 0 Å². The third-order valence-corrected chi connectivity index (χ3v) is 2.34. The molecule has 0 aromatic rings. The van der Waals surface area contributed by atoms with Crippen LogP contribution in [0.4, 0.5) is 4.79 Å². The van der Waals surface area contributed by atoms with Crippen LogP contribution in [0.2, 0.25) is 19.6 Å². The van der Waals surface area contributed by atoms with E-state index in [2.05, 4.69) is 0 Å². The average molecular weight is 174 g/mol. The molecule has 0 amide bonds. The summed E-state index contributed by atoms with van der Waals surface area (Å²) in [7, 11) is -1.73. The first-order valence-electron chi connectivity index (χ1n) is 3.86. The molecule has 0 atom stereocenters. The molecule has 0 N–H and O–H groups in total. The van der Waals surface area contributed by atoms with Crippen LogP contribution in [0, 0.1) is 0 Å². The van der Waals surface area contributed by atoms with Gasteiger partial charge in [0.2, 0.25) is 0 Å². The Kier molecular flexibility index (Phi) is 2.89. The maximum Gasteiger partial charge on any atom is 0.271 e. The van der Waals surface area contributed by atoms with Gasteiger partial charge in [-0.15, -0.1) is 0 Å². The van der Waals surface area contributed by atoms with Crippen LogP contribution in [0.25, 0.3) is 0 Å². The molecule has 66 valence electrons. The van der Waals surface area contributed by atoms with Crippen LogP contribution in [0.5, 0.6) is 0 Å². The largest absolute Gasteiger partial charge is 0.464 e. The summed E-state index contributed by atoms with van der Waals surface area (Å²) in [5.41, 5.74) is -0.345. The van der Waals surface area contributed by atoms with E-state index in [0.29, 0.717) is 0 Å². The van der Waals surface area contributed by atoms with Crippen molar-refractivity contribution < 1.29 is 9.53 Å². The lowest BCUT2D eigenvalue weighted by molar-refractivity contribution is 0.0704. The first-order chi connectivity index (χ1) is 4.63. The Morgan fingerprint density at radius 3 is 1.64 bits per heavy atom. The van der Waals surface area contributed by atoms with Crippen LogP contribution in [-0.2, 0) is 4.74 Å². The summed E-state index contributed by atoms with van der Waals surface area (Å²) in [5.74, 6) is 0. The predicted octanol–water partition coefficient (Wildman–Crippen LogP) is 2.84. The van der Waals surface area contributed by atoms with E-state index >= 15 is 0 Å². The molecule has 0 aliphatic heterocycles. The molecule has 0 spiro atoms. The smallest absolute Gasteiger partial charge is 0.271 e. The van der Waals surface area contributed by atoms with E-state index in [4.69, 9.17) is 4.74 Å². The number of hydrogen-bond donors (Lipinski definition) is 0. The van der Waals surface area contributed by atoms with Crippen LogP contribution in [0.15, 0.2) is 0 Å². The van der Waals surface area contributed by atoms with Gasteiger partial charge in [-0.05, 0) is 20.8 Å². The van der Waals surface area contributed by atoms with Crippen molar-refractivity contribution in [3.63, 3.8) is 0 Å². The van der Waals surface area contributed by atoms with E-state index in [-0.39, 0.29) is 11.2 Å². The molecular formula is C8H18O2Si. The van der Waals surface area contributed by atoms with Crippen LogP contribution in [0.1, 0.15) is 20.8 Å². The van der Waals surface area contributed by atoms with Gasteiger partial charge in [-0.25, -0.2) is 0 Å². The Balaban J connectivity index is 4.11. The van der Waals surface area contributed by atoms with E-state index in [0.717, 1.165) is 0 Å². The minimum atomic E-state index is -1.73. The number of ether oxygens (including phenoxy) is 1. The quantitative estimate of drug-likeness (QED) is 0.571. The summed E-state index contributed by atoms with van der Waals surface area (Å²) in [5, 5.41) is 0. The lowest BCUT2D eigenvalue weighted by Gasteiger charge is -2.24. The van der Waals surface area contributed by atoms with Gasteiger partial charge in [0.05, 0.1) is 0 Å². The number of hydrogen-bond acceptors (Lipinski definition) is 2. The second kappa shape index (κ2) is 2.97. The van der Waals surface area contributed by atoms with Crippen molar-refractivity contribution in [2.45, 2.75) is 46.0 Å². The highest BCUT2D eigenvalue weighted by atomic mass is 28.3. The van der Waals surface area contributed by atoms with Crippen molar-refractivity contribution in [1.82, 2.24) is 0 Å². The zero-order chi connectivity index (χ0) is 9.28.